The molecule has 1 saturated heterocycles. The monoisotopic (exact) mass is 361 g/mol. The average molecular weight is 361 g/mol. The maximum Gasteiger partial charge on any atom is 0.257 e. The number of carbonyl (C=O) groups excluding carboxylic acids is 1. The third-order valence-electron chi connectivity index (χ3n) is 5.12. The molecule has 1 aromatic carbocycles. The van der Waals surface area contributed by atoms with Crippen LogP contribution in [-0.2, 0) is 12.8 Å². The van der Waals surface area contributed by atoms with Crippen molar-refractivity contribution in [2.75, 3.05) is 13.1 Å². The fourth-order valence-corrected chi connectivity index (χ4v) is 3.71. The van der Waals surface area contributed by atoms with Crippen LogP contribution >= 0.6 is 0 Å². The summed E-state index contributed by atoms with van der Waals surface area (Å²) in [6, 6.07) is 3.97. The van der Waals surface area contributed by atoms with Gasteiger partial charge in [-0.05, 0) is 50.2 Å². The smallest absolute Gasteiger partial charge is 0.257 e. The van der Waals surface area contributed by atoms with Crippen LogP contribution in [0.3, 0.4) is 0 Å². The second-order valence-electron chi connectivity index (χ2n) is 7.01. The molecule has 0 saturated carbocycles. The SMILES string of the molecule is CCCc1[nH]ncc1C(=O)N1CCCC(CCc2c(F)cccc2F)C1. The maximum absolute atomic E-state index is 13.8. The van der Waals surface area contributed by atoms with Gasteiger partial charge in [-0.1, -0.05) is 19.4 Å². The number of piperidine rings is 1. The normalized spacial score (nSPS) is 17.5. The van der Waals surface area contributed by atoms with E-state index in [1.807, 2.05) is 4.90 Å². The highest BCUT2D eigenvalue weighted by Crippen LogP contribution is 2.25. The summed E-state index contributed by atoms with van der Waals surface area (Å²) in [5, 5.41) is 6.93. The Kier molecular flexibility index (Phi) is 6.01. The molecule has 6 heteroatoms. The zero-order valence-corrected chi connectivity index (χ0v) is 15.1. The number of aryl methyl sites for hydroxylation is 1. The number of nitrogens with zero attached hydrogens (tertiary/aromatic N) is 2. The third kappa shape index (κ3) is 4.11. The van der Waals surface area contributed by atoms with E-state index in [-0.39, 0.29) is 17.4 Å². The first-order valence-corrected chi connectivity index (χ1v) is 9.34. The lowest BCUT2D eigenvalue weighted by atomic mass is 9.91. The minimum atomic E-state index is -0.489. The first-order chi connectivity index (χ1) is 12.6. The first-order valence-electron chi connectivity index (χ1n) is 9.34. The number of carbonyl (C=O) groups is 1. The Morgan fingerprint density at radius 1 is 1.31 bits per heavy atom. The average Bonchev–Trinajstić information content (AvgIpc) is 3.09. The molecule has 140 valence electrons. The topological polar surface area (TPSA) is 49.0 Å². The maximum atomic E-state index is 13.8. The van der Waals surface area contributed by atoms with Gasteiger partial charge in [0, 0.05) is 24.3 Å². The second kappa shape index (κ2) is 8.43. The van der Waals surface area contributed by atoms with E-state index in [0.717, 1.165) is 37.9 Å². The fraction of sp³-hybridized carbons (Fsp3) is 0.500. The molecule has 2 heterocycles. The van der Waals surface area contributed by atoms with Gasteiger partial charge in [0.1, 0.15) is 11.6 Å². The number of hydrogen-bond donors (Lipinski definition) is 1. The number of aromatic amines is 1. The first kappa shape index (κ1) is 18.5. The van der Waals surface area contributed by atoms with Gasteiger partial charge in [0.05, 0.1) is 11.8 Å². The number of benzene rings is 1. The summed E-state index contributed by atoms with van der Waals surface area (Å²) in [6.45, 7) is 3.42. The predicted octanol–water partition coefficient (Wildman–Crippen LogP) is 4.13. The number of likely N-dealkylation sites (tertiary alicyclic amines) is 1. The molecule has 1 atom stereocenters. The highest BCUT2D eigenvalue weighted by Gasteiger charge is 2.26. The molecule has 26 heavy (non-hydrogen) atoms. The van der Waals surface area contributed by atoms with Crippen LogP contribution in [0.2, 0.25) is 0 Å². The third-order valence-corrected chi connectivity index (χ3v) is 5.12. The van der Waals surface area contributed by atoms with E-state index in [1.54, 1.807) is 6.20 Å². The number of aromatic nitrogens is 2. The lowest BCUT2D eigenvalue weighted by Crippen LogP contribution is -2.40. The van der Waals surface area contributed by atoms with Gasteiger partial charge in [-0.3, -0.25) is 9.89 Å². The molecular formula is C20H25F2N3O. The molecule has 1 N–H and O–H groups in total. The van der Waals surface area contributed by atoms with Gasteiger partial charge in [0.25, 0.3) is 5.91 Å². The van der Waals surface area contributed by atoms with Crippen molar-refractivity contribution in [1.82, 2.24) is 15.1 Å². The Morgan fingerprint density at radius 2 is 2.08 bits per heavy atom. The number of halogens is 2. The Bertz CT molecular complexity index is 739. The van der Waals surface area contributed by atoms with Crippen LogP contribution in [0.4, 0.5) is 8.78 Å². The summed E-state index contributed by atoms with van der Waals surface area (Å²) in [4.78, 5) is 14.7. The van der Waals surface area contributed by atoms with Crippen LogP contribution in [-0.4, -0.2) is 34.1 Å². The largest absolute Gasteiger partial charge is 0.338 e. The van der Waals surface area contributed by atoms with E-state index in [0.29, 0.717) is 24.9 Å². The lowest BCUT2D eigenvalue weighted by Gasteiger charge is -2.33. The Hall–Kier alpha value is -2.24. The fourth-order valence-electron chi connectivity index (χ4n) is 3.71. The van der Waals surface area contributed by atoms with Crippen LogP contribution in [0.1, 0.15) is 54.2 Å². The van der Waals surface area contributed by atoms with Crippen molar-refractivity contribution < 1.29 is 13.6 Å². The van der Waals surface area contributed by atoms with E-state index >= 15 is 0 Å². The number of amides is 1. The van der Waals surface area contributed by atoms with Crippen molar-refractivity contribution in [2.45, 2.75) is 45.4 Å². The van der Waals surface area contributed by atoms with Crippen molar-refractivity contribution in [2.24, 2.45) is 5.92 Å². The minimum absolute atomic E-state index is 0.00368. The summed E-state index contributed by atoms with van der Waals surface area (Å²) < 4.78 is 27.6. The van der Waals surface area contributed by atoms with Gasteiger partial charge in [-0.2, -0.15) is 5.10 Å². The molecule has 0 radical (unpaired) electrons. The zero-order chi connectivity index (χ0) is 18.5. The molecule has 1 aliphatic heterocycles. The standard InChI is InChI=1S/C20H25F2N3O/c1-2-5-19-16(12-23-24-19)20(26)25-11-4-6-14(13-25)9-10-15-17(21)7-3-8-18(15)22/h3,7-8,12,14H,2,4-6,9-11,13H2,1H3,(H,23,24). The summed E-state index contributed by atoms with van der Waals surface area (Å²) in [5.41, 5.74) is 1.68. The molecule has 0 bridgehead atoms. The Labute approximate surface area is 152 Å². The summed E-state index contributed by atoms with van der Waals surface area (Å²) in [7, 11) is 0. The molecule has 0 spiro atoms. The summed E-state index contributed by atoms with van der Waals surface area (Å²) >= 11 is 0. The van der Waals surface area contributed by atoms with Gasteiger partial charge in [0.2, 0.25) is 0 Å². The predicted molar refractivity (Wildman–Crippen MR) is 95.9 cm³/mol. The van der Waals surface area contributed by atoms with Crippen molar-refractivity contribution in [3.05, 3.63) is 52.9 Å². The molecule has 1 unspecified atom stereocenters. The number of hydrogen-bond acceptors (Lipinski definition) is 2. The molecule has 4 nitrogen and oxygen atoms in total. The van der Waals surface area contributed by atoms with Crippen LogP contribution in [0, 0.1) is 17.6 Å². The lowest BCUT2D eigenvalue weighted by molar-refractivity contribution is 0.0667. The van der Waals surface area contributed by atoms with Gasteiger partial charge in [-0.15, -0.1) is 0 Å². The molecule has 1 aliphatic rings. The quantitative estimate of drug-likeness (QED) is 0.841. The molecule has 2 aromatic rings. The minimum Gasteiger partial charge on any atom is -0.338 e. The van der Waals surface area contributed by atoms with Crippen molar-refractivity contribution >= 4 is 5.91 Å². The highest BCUT2D eigenvalue weighted by atomic mass is 19.1. The van der Waals surface area contributed by atoms with E-state index in [2.05, 4.69) is 17.1 Å². The van der Waals surface area contributed by atoms with Gasteiger partial charge in [0.15, 0.2) is 0 Å². The van der Waals surface area contributed by atoms with Gasteiger partial charge < -0.3 is 4.90 Å². The zero-order valence-electron chi connectivity index (χ0n) is 15.1. The van der Waals surface area contributed by atoms with Crippen LogP contribution in [0.5, 0.6) is 0 Å². The molecule has 0 aliphatic carbocycles. The van der Waals surface area contributed by atoms with E-state index in [1.165, 1.54) is 18.2 Å². The van der Waals surface area contributed by atoms with Gasteiger partial charge >= 0.3 is 0 Å². The van der Waals surface area contributed by atoms with Crippen LogP contribution < -0.4 is 0 Å². The highest BCUT2D eigenvalue weighted by molar-refractivity contribution is 5.95. The molecular weight excluding hydrogens is 336 g/mol. The molecule has 1 aromatic heterocycles. The Morgan fingerprint density at radius 3 is 2.81 bits per heavy atom. The molecule has 3 rings (SSSR count). The number of rotatable bonds is 6. The van der Waals surface area contributed by atoms with Crippen LogP contribution in [0.15, 0.2) is 24.4 Å². The Balaban J connectivity index is 1.62. The number of H-pyrrole nitrogens is 1. The molecule has 1 fully saturated rings. The van der Waals surface area contributed by atoms with E-state index < -0.39 is 11.6 Å². The van der Waals surface area contributed by atoms with E-state index in [9.17, 15) is 13.6 Å². The van der Waals surface area contributed by atoms with Crippen molar-refractivity contribution in [1.29, 1.82) is 0 Å². The molecule has 1 amide bonds. The second-order valence-corrected chi connectivity index (χ2v) is 7.01. The van der Waals surface area contributed by atoms with Crippen molar-refractivity contribution in [3.63, 3.8) is 0 Å². The number of nitrogens with one attached hydrogen (secondary N) is 1. The van der Waals surface area contributed by atoms with Crippen molar-refractivity contribution in [3.8, 4) is 0 Å². The summed E-state index contributed by atoms with van der Waals surface area (Å²) in [6.07, 6.45) is 6.27. The van der Waals surface area contributed by atoms with Gasteiger partial charge in [-0.25, -0.2) is 8.78 Å². The summed E-state index contributed by atoms with van der Waals surface area (Å²) in [5.74, 6) is -0.718. The van der Waals surface area contributed by atoms with Crippen LogP contribution in [0.25, 0.3) is 0 Å². The van der Waals surface area contributed by atoms with E-state index in [4.69, 9.17) is 0 Å².